The number of rotatable bonds is 6. The Morgan fingerprint density at radius 1 is 1.03 bits per heavy atom. The van der Waals surface area contributed by atoms with E-state index in [1.54, 1.807) is 24.3 Å². The van der Waals surface area contributed by atoms with Crippen LogP contribution in [-0.2, 0) is 10.0 Å². The normalized spacial score (nSPS) is 20.0. The van der Waals surface area contributed by atoms with E-state index in [4.69, 9.17) is 0 Å². The minimum Gasteiger partial charge on any atom is -0.374 e. The molecule has 186 valence electrons. The van der Waals surface area contributed by atoms with Gasteiger partial charge in [0.15, 0.2) is 0 Å². The highest BCUT2D eigenvalue weighted by molar-refractivity contribution is 7.89. The van der Waals surface area contributed by atoms with Gasteiger partial charge in [0.05, 0.1) is 11.4 Å². The van der Waals surface area contributed by atoms with Gasteiger partial charge in [0.1, 0.15) is 5.60 Å². The number of sulfonamides is 1. The van der Waals surface area contributed by atoms with Crippen molar-refractivity contribution in [2.24, 2.45) is 0 Å². The third-order valence-electron chi connectivity index (χ3n) is 6.32. The third-order valence-corrected chi connectivity index (χ3v) is 8.14. The number of hydrogen-bond acceptors (Lipinski definition) is 3. The van der Waals surface area contributed by atoms with Crippen LogP contribution in [0.25, 0.3) is 6.08 Å². The van der Waals surface area contributed by atoms with Gasteiger partial charge in [-0.3, -0.25) is 0 Å². The molecule has 1 unspecified atom stereocenters. The zero-order valence-electron chi connectivity index (χ0n) is 21.1. The van der Waals surface area contributed by atoms with E-state index in [1.807, 2.05) is 63.3 Å². The Kier molecular flexibility index (Phi) is 9.51. The van der Waals surface area contributed by atoms with Crippen LogP contribution in [0.3, 0.4) is 0 Å². The molecule has 1 saturated carbocycles. The molecule has 0 spiro atoms. The van der Waals surface area contributed by atoms with E-state index < -0.39 is 15.6 Å². The van der Waals surface area contributed by atoms with E-state index in [-0.39, 0.29) is 18.0 Å². The maximum absolute atomic E-state index is 13.4. The molecular formula is C30H37NO3S. The molecule has 2 aromatic carbocycles. The first-order valence-corrected chi connectivity index (χ1v) is 13.8. The molecule has 1 fully saturated rings. The topological polar surface area (TPSA) is 57.6 Å². The van der Waals surface area contributed by atoms with Crippen LogP contribution >= 0.6 is 0 Å². The highest BCUT2D eigenvalue weighted by atomic mass is 32.2. The van der Waals surface area contributed by atoms with Crippen molar-refractivity contribution in [1.82, 2.24) is 4.31 Å². The smallest absolute Gasteiger partial charge is 0.244 e. The van der Waals surface area contributed by atoms with E-state index in [2.05, 4.69) is 11.8 Å². The first-order chi connectivity index (χ1) is 16.7. The molecule has 4 nitrogen and oxygen atoms in total. The van der Waals surface area contributed by atoms with Crippen molar-refractivity contribution in [3.05, 3.63) is 82.9 Å². The Hall–Kier alpha value is -2.65. The third kappa shape index (κ3) is 7.67. The highest BCUT2D eigenvalue weighted by Gasteiger charge is 2.30. The van der Waals surface area contributed by atoms with Gasteiger partial charge < -0.3 is 5.11 Å². The van der Waals surface area contributed by atoms with Crippen LogP contribution in [0.4, 0.5) is 0 Å². The van der Waals surface area contributed by atoms with Crippen LogP contribution in [0.15, 0.2) is 76.7 Å². The fraction of sp³-hybridized carbons (Fsp3) is 0.400. The van der Waals surface area contributed by atoms with Crippen molar-refractivity contribution in [1.29, 1.82) is 0 Å². The highest BCUT2D eigenvalue weighted by Crippen LogP contribution is 2.32. The van der Waals surface area contributed by atoms with Gasteiger partial charge >= 0.3 is 0 Å². The first kappa shape index (κ1) is 26.9. The summed E-state index contributed by atoms with van der Waals surface area (Å²) >= 11 is 0. The molecule has 2 aromatic rings. The van der Waals surface area contributed by atoms with Gasteiger partial charge in [-0.05, 0) is 69.7 Å². The lowest BCUT2D eigenvalue weighted by Gasteiger charge is -2.28. The van der Waals surface area contributed by atoms with Gasteiger partial charge in [0.25, 0.3) is 0 Å². The van der Waals surface area contributed by atoms with Crippen molar-refractivity contribution in [3.63, 3.8) is 0 Å². The summed E-state index contributed by atoms with van der Waals surface area (Å²) in [5.74, 6) is 6.14. The molecule has 3 rings (SSSR count). The quantitative estimate of drug-likeness (QED) is 0.391. The lowest BCUT2D eigenvalue weighted by molar-refractivity contribution is 0.119. The van der Waals surface area contributed by atoms with E-state index in [0.717, 1.165) is 54.4 Å². The van der Waals surface area contributed by atoms with Gasteiger partial charge in [0.2, 0.25) is 10.0 Å². The maximum atomic E-state index is 13.4. The molecule has 5 heteroatoms. The predicted octanol–water partition coefficient (Wildman–Crippen LogP) is 6.12. The Morgan fingerprint density at radius 3 is 2.40 bits per heavy atom. The number of aryl methyl sites for hydroxylation is 1. The first-order valence-electron chi connectivity index (χ1n) is 12.4. The molecule has 0 bridgehead atoms. The molecule has 0 radical (unpaired) electrons. The van der Waals surface area contributed by atoms with Gasteiger partial charge in [0, 0.05) is 6.54 Å². The van der Waals surface area contributed by atoms with Crippen LogP contribution in [0.2, 0.25) is 0 Å². The van der Waals surface area contributed by atoms with Crippen LogP contribution in [0.5, 0.6) is 0 Å². The van der Waals surface area contributed by atoms with Gasteiger partial charge in [-0.2, -0.15) is 4.31 Å². The summed E-state index contributed by atoms with van der Waals surface area (Å²) < 4.78 is 28.1. The second-order valence-corrected chi connectivity index (χ2v) is 11.5. The molecule has 1 aliphatic carbocycles. The number of nitrogens with zero attached hydrogens (tertiary/aromatic N) is 1. The van der Waals surface area contributed by atoms with Crippen LogP contribution in [-0.4, -0.2) is 36.5 Å². The van der Waals surface area contributed by atoms with Crippen molar-refractivity contribution < 1.29 is 13.5 Å². The van der Waals surface area contributed by atoms with Crippen molar-refractivity contribution >= 4 is 16.1 Å². The largest absolute Gasteiger partial charge is 0.374 e. The Bertz CT molecular complexity index is 1200. The average Bonchev–Trinajstić information content (AvgIpc) is 2.82. The SMILES string of the molecule is CC(C)=CCN(CC#CC1(O)CCCCCC/C1=C/c1ccccc1)S(=O)(=O)c1ccc(C)cc1. The van der Waals surface area contributed by atoms with Crippen molar-refractivity contribution in [2.45, 2.75) is 69.8 Å². The van der Waals surface area contributed by atoms with E-state index in [0.29, 0.717) is 6.42 Å². The van der Waals surface area contributed by atoms with Crippen LogP contribution in [0, 0.1) is 18.8 Å². The minimum absolute atomic E-state index is 0.0148. The summed E-state index contributed by atoms with van der Waals surface area (Å²) in [7, 11) is -3.72. The fourth-order valence-corrected chi connectivity index (χ4v) is 5.45. The zero-order valence-corrected chi connectivity index (χ0v) is 21.9. The van der Waals surface area contributed by atoms with Crippen LogP contribution < -0.4 is 0 Å². The number of aliphatic hydroxyl groups is 1. The summed E-state index contributed by atoms with van der Waals surface area (Å²) in [5, 5.41) is 11.7. The number of hydrogen-bond donors (Lipinski definition) is 1. The molecule has 0 saturated heterocycles. The summed E-state index contributed by atoms with van der Waals surface area (Å²) in [6, 6.07) is 16.9. The average molecular weight is 492 g/mol. The molecule has 1 atom stereocenters. The van der Waals surface area contributed by atoms with Gasteiger partial charge in [-0.15, -0.1) is 0 Å². The standard InChI is InChI=1S/C30H37NO3S/c1-25(2)19-23-31(35(33,34)29-17-15-26(3)16-18-29)22-11-21-30(32)20-10-5-4-9-14-28(30)24-27-12-7-6-8-13-27/h6-8,12-13,15-19,24,32H,4-5,9-10,14,20,22-23H2,1-3H3/b28-24-. The van der Waals surface area contributed by atoms with E-state index in [1.165, 1.54) is 4.31 Å². The Morgan fingerprint density at radius 2 is 1.71 bits per heavy atom. The molecule has 1 aliphatic rings. The summed E-state index contributed by atoms with van der Waals surface area (Å²) in [4.78, 5) is 0.251. The summed E-state index contributed by atoms with van der Waals surface area (Å²) in [6.45, 7) is 6.07. The van der Waals surface area contributed by atoms with Crippen molar-refractivity contribution in [2.75, 3.05) is 13.1 Å². The molecule has 1 N–H and O–H groups in total. The Labute approximate surface area is 211 Å². The van der Waals surface area contributed by atoms with E-state index >= 15 is 0 Å². The second-order valence-electron chi connectivity index (χ2n) is 9.55. The monoisotopic (exact) mass is 491 g/mol. The number of allylic oxidation sites excluding steroid dienone is 1. The molecule has 0 heterocycles. The second kappa shape index (κ2) is 12.4. The van der Waals surface area contributed by atoms with Gasteiger partial charge in [-0.25, -0.2) is 8.42 Å². The maximum Gasteiger partial charge on any atom is 0.244 e. The zero-order chi connectivity index (χ0) is 25.3. The number of benzene rings is 2. The molecule has 0 aliphatic heterocycles. The van der Waals surface area contributed by atoms with Crippen molar-refractivity contribution in [3.8, 4) is 11.8 Å². The van der Waals surface area contributed by atoms with Gasteiger partial charge in [-0.1, -0.05) is 90.4 Å². The molecule has 0 amide bonds. The van der Waals surface area contributed by atoms with Crippen LogP contribution in [0.1, 0.15) is 63.5 Å². The molecule has 35 heavy (non-hydrogen) atoms. The lowest BCUT2D eigenvalue weighted by atomic mass is 9.82. The minimum atomic E-state index is -3.72. The lowest BCUT2D eigenvalue weighted by Crippen LogP contribution is -2.33. The molecule has 0 aromatic heterocycles. The predicted molar refractivity (Wildman–Crippen MR) is 144 cm³/mol. The van der Waals surface area contributed by atoms with E-state index in [9.17, 15) is 13.5 Å². The fourth-order valence-electron chi connectivity index (χ4n) is 4.17. The Balaban J connectivity index is 1.92. The molecular weight excluding hydrogens is 454 g/mol. The summed E-state index contributed by atoms with van der Waals surface area (Å²) in [6.07, 6.45) is 9.37. The summed E-state index contributed by atoms with van der Waals surface area (Å²) in [5.41, 5.74) is 2.73.